The van der Waals surface area contributed by atoms with E-state index < -0.39 is 17.7 Å². The maximum atomic E-state index is 13.6. The highest BCUT2D eigenvalue weighted by atomic mass is 35.5. The molecule has 2 aromatic carbocycles. The van der Waals surface area contributed by atoms with Gasteiger partial charge in [-0.25, -0.2) is 8.78 Å². The normalized spacial score (nSPS) is 12.2. The predicted molar refractivity (Wildman–Crippen MR) is 73.0 cm³/mol. The fraction of sp³-hybridized carbons (Fsp3) is 0.200. The molecule has 0 heterocycles. The zero-order valence-electron chi connectivity index (χ0n) is 10.7. The number of rotatable bonds is 4. The lowest BCUT2D eigenvalue weighted by molar-refractivity contribution is 0.172. The molecule has 1 atom stereocenters. The summed E-state index contributed by atoms with van der Waals surface area (Å²) < 4.78 is 31.9. The molecule has 1 N–H and O–H groups in total. The van der Waals surface area contributed by atoms with Gasteiger partial charge in [0.2, 0.25) is 0 Å². The van der Waals surface area contributed by atoms with Crippen LogP contribution in [0.25, 0.3) is 0 Å². The zero-order chi connectivity index (χ0) is 14.7. The van der Waals surface area contributed by atoms with Crippen LogP contribution in [0.15, 0.2) is 36.4 Å². The van der Waals surface area contributed by atoms with Crippen molar-refractivity contribution in [3.05, 3.63) is 64.2 Å². The number of hydrogen-bond donors (Lipinski definition) is 1. The third kappa shape index (κ3) is 2.92. The maximum absolute atomic E-state index is 13.6. The highest BCUT2D eigenvalue weighted by Crippen LogP contribution is 2.34. The van der Waals surface area contributed by atoms with Gasteiger partial charge in [-0.2, -0.15) is 0 Å². The molecule has 0 amide bonds. The molecule has 0 bridgehead atoms. The lowest BCUT2D eigenvalue weighted by Crippen LogP contribution is -2.07. The fourth-order valence-corrected chi connectivity index (χ4v) is 2.33. The minimum Gasteiger partial charge on any atom is -0.496 e. The summed E-state index contributed by atoms with van der Waals surface area (Å²) >= 11 is 6.03. The first-order chi connectivity index (χ1) is 9.54. The summed E-state index contributed by atoms with van der Waals surface area (Å²) in [6.07, 6.45) is -1.18. The summed E-state index contributed by atoms with van der Waals surface area (Å²) in [5.41, 5.74) is 0.444. The van der Waals surface area contributed by atoms with Crippen LogP contribution in [0.3, 0.4) is 0 Å². The van der Waals surface area contributed by atoms with Gasteiger partial charge in [0.05, 0.1) is 18.2 Å². The molecule has 106 valence electrons. The molecule has 0 aliphatic rings. The molecule has 2 aromatic rings. The Morgan fingerprint density at radius 2 is 1.90 bits per heavy atom. The average Bonchev–Trinajstić information content (AvgIpc) is 2.43. The van der Waals surface area contributed by atoms with E-state index in [1.54, 1.807) is 18.2 Å². The molecule has 0 radical (unpaired) electrons. The largest absolute Gasteiger partial charge is 0.496 e. The van der Waals surface area contributed by atoms with Gasteiger partial charge in [0.25, 0.3) is 0 Å². The Hall–Kier alpha value is -1.65. The predicted octanol–water partition coefficient (Wildman–Crippen LogP) is 3.90. The number of halogens is 3. The quantitative estimate of drug-likeness (QED) is 0.927. The average molecular weight is 299 g/mol. The monoisotopic (exact) mass is 298 g/mol. The summed E-state index contributed by atoms with van der Waals surface area (Å²) in [6, 6.07) is 8.77. The van der Waals surface area contributed by atoms with Crippen LogP contribution in [0.2, 0.25) is 5.02 Å². The Bertz CT molecular complexity index is 617. The van der Waals surface area contributed by atoms with Crippen LogP contribution in [-0.4, -0.2) is 12.2 Å². The minimum atomic E-state index is -1.09. The van der Waals surface area contributed by atoms with Gasteiger partial charge in [0.15, 0.2) is 11.6 Å². The van der Waals surface area contributed by atoms with Gasteiger partial charge < -0.3 is 9.84 Å². The number of aliphatic hydroxyl groups excluding tert-OH is 1. The van der Waals surface area contributed by atoms with Crippen LogP contribution in [0.5, 0.6) is 5.75 Å². The topological polar surface area (TPSA) is 29.5 Å². The molecule has 0 aliphatic carbocycles. The van der Waals surface area contributed by atoms with E-state index in [0.717, 1.165) is 6.07 Å². The van der Waals surface area contributed by atoms with E-state index >= 15 is 0 Å². The maximum Gasteiger partial charge on any atom is 0.162 e. The lowest BCUT2D eigenvalue weighted by atomic mass is 10.00. The van der Waals surface area contributed by atoms with Crippen LogP contribution in [0.1, 0.15) is 17.2 Å². The van der Waals surface area contributed by atoms with Gasteiger partial charge >= 0.3 is 0 Å². The van der Waals surface area contributed by atoms with Gasteiger partial charge in [-0.15, -0.1) is 0 Å². The van der Waals surface area contributed by atoms with Gasteiger partial charge in [0.1, 0.15) is 5.75 Å². The third-order valence-electron chi connectivity index (χ3n) is 3.01. The van der Waals surface area contributed by atoms with E-state index in [9.17, 15) is 13.9 Å². The Morgan fingerprint density at radius 3 is 2.60 bits per heavy atom. The van der Waals surface area contributed by atoms with Crippen molar-refractivity contribution >= 4 is 11.6 Å². The van der Waals surface area contributed by atoms with E-state index in [4.69, 9.17) is 16.3 Å². The first-order valence-electron chi connectivity index (χ1n) is 5.98. The minimum absolute atomic E-state index is 0.0828. The van der Waals surface area contributed by atoms with Crippen LogP contribution in [0, 0.1) is 11.6 Å². The molecular formula is C15H13ClF2O2. The molecule has 0 saturated carbocycles. The summed E-state index contributed by atoms with van der Waals surface area (Å²) in [6.45, 7) is 0. The summed E-state index contributed by atoms with van der Waals surface area (Å²) in [4.78, 5) is 0. The molecule has 0 aliphatic heterocycles. The van der Waals surface area contributed by atoms with Gasteiger partial charge in [-0.1, -0.05) is 29.8 Å². The summed E-state index contributed by atoms with van der Waals surface area (Å²) in [7, 11) is 1.45. The third-order valence-corrected chi connectivity index (χ3v) is 3.34. The van der Waals surface area contributed by atoms with E-state index in [2.05, 4.69) is 0 Å². The van der Waals surface area contributed by atoms with Crippen LogP contribution >= 0.6 is 11.6 Å². The highest BCUT2D eigenvalue weighted by molar-refractivity contribution is 6.31. The van der Waals surface area contributed by atoms with Crippen molar-refractivity contribution in [3.63, 3.8) is 0 Å². The second kappa shape index (κ2) is 6.20. The summed E-state index contributed by atoms with van der Waals surface area (Å²) in [5, 5.41) is 10.5. The Kier molecular flexibility index (Phi) is 4.57. The second-order valence-electron chi connectivity index (χ2n) is 4.29. The van der Waals surface area contributed by atoms with E-state index in [1.165, 1.54) is 19.2 Å². The van der Waals surface area contributed by atoms with E-state index in [0.29, 0.717) is 16.3 Å². The number of methoxy groups -OCH3 is 1. The molecule has 2 rings (SSSR count). The van der Waals surface area contributed by atoms with Gasteiger partial charge in [0, 0.05) is 12.0 Å². The fourth-order valence-electron chi connectivity index (χ4n) is 2.04. The number of ether oxygens (including phenoxy) is 1. The molecule has 2 nitrogen and oxygen atoms in total. The standard InChI is InChI=1S/C15H13ClF2O2/c1-20-13-7-3-5-10(16)14(13)12(19)8-9-4-2-6-11(17)15(9)18/h2-7,12,19H,8H2,1H3. The van der Waals surface area contributed by atoms with Crippen molar-refractivity contribution in [2.45, 2.75) is 12.5 Å². The van der Waals surface area contributed by atoms with Crippen molar-refractivity contribution in [1.29, 1.82) is 0 Å². The van der Waals surface area contributed by atoms with Crippen molar-refractivity contribution in [2.75, 3.05) is 7.11 Å². The molecule has 0 fully saturated rings. The van der Waals surface area contributed by atoms with Crippen molar-refractivity contribution in [1.82, 2.24) is 0 Å². The molecule has 0 aromatic heterocycles. The Labute approximate surface area is 120 Å². The Balaban J connectivity index is 2.33. The van der Waals surface area contributed by atoms with E-state index in [-0.39, 0.29) is 12.0 Å². The van der Waals surface area contributed by atoms with Gasteiger partial charge in [-0.05, 0) is 23.8 Å². The van der Waals surface area contributed by atoms with Crippen LogP contribution in [0.4, 0.5) is 8.78 Å². The van der Waals surface area contributed by atoms with Crippen molar-refractivity contribution in [3.8, 4) is 5.75 Å². The Morgan fingerprint density at radius 1 is 1.20 bits per heavy atom. The second-order valence-corrected chi connectivity index (χ2v) is 4.70. The molecular weight excluding hydrogens is 286 g/mol. The zero-order valence-corrected chi connectivity index (χ0v) is 11.5. The van der Waals surface area contributed by atoms with Crippen molar-refractivity contribution in [2.24, 2.45) is 0 Å². The van der Waals surface area contributed by atoms with Crippen LogP contribution in [-0.2, 0) is 6.42 Å². The molecule has 5 heteroatoms. The van der Waals surface area contributed by atoms with Gasteiger partial charge in [-0.3, -0.25) is 0 Å². The molecule has 1 unspecified atom stereocenters. The molecule has 20 heavy (non-hydrogen) atoms. The van der Waals surface area contributed by atoms with E-state index in [1.807, 2.05) is 0 Å². The lowest BCUT2D eigenvalue weighted by Gasteiger charge is -2.16. The number of aliphatic hydroxyl groups is 1. The summed E-state index contributed by atoms with van der Waals surface area (Å²) in [5.74, 6) is -1.50. The smallest absolute Gasteiger partial charge is 0.162 e. The number of benzene rings is 2. The van der Waals surface area contributed by atoms with Crippen molar-refractivity contribution < 1.29 is 18.6 Å². The highest BCUT2D eigenvalue weighted by Gasteiger charge is 2.19. The SMILES string of the molecule is COc1cccc(Cl)c1C(O)Cc1cccc(F)c1F. The number of hydrogen-bond acceptors (Lipinski definition) is 2. The first-order valence-corrected chi connectivity index (χ1v) is 6.35. The molecule has 0 spiro atoms. The first kappa shape index (κ1) is 14.8. The molecule has 0 saturated heterocycles. The van der Waals surface area contributed by atoms with Crippen LogP contribution < -0.4 is 4.74 Å².